The number of thiazole rings is 1. The molecule has 0 saturated heterocycles. The van der Waals surface area contributed by atoms with E-state index in [2.05, 4.69) is 26.2 Å². The van der Waals surface area contributed by atoms with Gasteiger partial charge < -0.3 is 5.11 Å². The van der Waals surface area contributed by atoms with Crippen LogP contribution in [0.3, 0.4) is 0 Å². The van der Waals surface area contributed by atoms with Crippen molar-refractivity contribution in [3.8, 4) is 0 Å². The van der Waals surface area contributed by atoms with E-state index in [4.69, 9.17) is 4.98 Å². The average Bonchev–Trinajstić information content (AvgIpc) is 3.06. The van der Waals surface area contributed by atoms with Crippen LogP contribution in [0.5, 0.6) is 0 Å². The lowest BCUT2D eigenvalue weighted by molar-refractivity contribution is -0.0450. The summed E-state index contributed by atoms with van der Waals surface area (Å²) in [4.78, 5) is 4.82. The van der Waals surface area contributed by atoms with Gasteiger partial charge in [-0.2, -0.15) is 0 Å². The van der Waals surface area contributed by atoms with Crippen LogP contribution < -0.4 is 0 Å². The van der Waals surface area contributed by atoms with Gasteiger partial charge in [-0.3, -0.25) is 0 Å². The Balaban J connectivity index is 1.54. The molecular formula is C18H27NOS. The van der Waals surface area contributed by atoms with Gasteiger partial charge in [-0.05, 0) is 49.4 Å². The second kappa shape index (κ2) is 4.55. The summed E-state index contributed by atoms with van der Waals surface area (Å²) in [5.74, 6) is 3.11. The van der Waals surface area contributed by atoms with E-state index in [0.29, 0.717) is 5.92 Å². The molecule has 3 fully saturated rings. The molecule has 2 bridgehead atoms. The molecule has 116 valence electrons. The molecule has 2 nitrogen and oxygen atoms in total. The van der Waals surface area contributed by atoms with Crippen LogP contribution in [0, 0.1) is 23.7 Å². The molecule has 0 radical (unpaired) electrons. The second-order valence-electron chi connectivity index (χ2n) is 8.72. The highest BCUT2D eigenvalue weighted by molar-refractivity contribution is 7.09. The lowest BCUT2D eigenvalue weighted by Gasteiger charge is -2.38. The van der Waals surface area contributed by atoms with Crippen molar-refractivity contribution in [3.63, 3.8) is 0 Å². The fraction of sp³-hybridized carbons (Fsp3) is 0.833. The number of fused-ring (bicyclic) bond motifs is 5. The van der Waals surface area contributed by atoms with E-state index in [0.717, 1.165) is 35.6 Å². The van der Waals surface area contributed by atoms with Gasteiger partial charge in [0.1, 0.15) is 0 Å². The first-order chi connectivity index (χ1) is 9.87. The van der Waals surface area contributed by atoms with Gasteiger partial charge in [0, 0.05) is 17.2 Å². The van der Waals surface area contributed by atoms with Crippen molar-refractivity contribution in [2.45, 2.75) is 70.3 Å². The van der Waals surface area contributed by atoms with Crippen molar-refractivity contribution in [1.82, 2.24) is 4.98 Å². The minimum absolute atomic E-state index is 0.114. The van der Waals surface area contributed by atoms with Gasteiger partial charge in [-0.1, -0.05) is 27.2 Å². The topological polar surface area (TPSA) is 33.1 Å². The molecule has 5 atom stereocenters. The molecule has 1 N–H and O–H groups in total. The van der Waals surface area contributed by atoms with E-state index >= 15 is 0 Å². The molecule has 0 aromatic carbocycles. The maximum Gasteiger partial charge on any atom is 0.0957 e. The van der Waals surface area contributed by atoms with Crippen LogP contribution in [0.4, 0.5) is 0 Å². The van der Waals surface area contributed by atoms with E-state index in [-0.39, 0.29) is 5.41 Å². The number of rotatable bonds is 2. The Bertz CT molecular complexity index is 546. The summed E-state index contributed by atoms with van der Waals surface area (Å²) in [7, 11) is 0. The highest BCUT2D eigenvalue weighted by atomic mass is 32.1. The van der Waals surface area contributed by atoms with Gasteiger partial charge in [0.05, 0.1) is 16.3 Å². The van der Waals surface area contributed by atoms with Crippen molar-refractivity contribution >= 4 is 11.3 Å². The Morgan fingerprint density at radius 1 is 1.33 bits per heavy atom. The van der Waals surface area contributed by atoms with Crippen molar-refractivity contribution in [3.05, 3.63) is 16.1 Å². The zero-order chi connectivity index (χ0) is 14.8. The van der Waals surface area contributed by atoms with Crippen LogP contribution in [0.1, 0.15) is 63.6 Å². The largest absolute Gasteiger partial charge is 0.389 e. The number of hydrogen-bond acceptors (Lipinski definition) is 3. The third kappa shape index (κ3) is 2.19. The van der Waals surface area contributed by atoms with Gasteiger partial charge >= 0.3 is 0 Å². The molecular weight excluding hydrogens is 278 g/mol. The number of hydrogen-bond donors (Lipinski definition) is 1. The van der Waals surface area contributed by atoms with E-state index in [9.17, 15) is 5.11 Å². The lowest BCUT2D eigenvalue weighted by atomic mass is 9.72. The Labute approximate surface area is 132 Å². The van der Waals surface area contributed by atoms with Gasteiger partial charge in [-0.15, -0.1) is 11.3 Å². The van der Waals surface area contributed by atoms with Crippen LogP contribution in [0.15, 0.2) is 5.38 Å². The van der Waals surface area contributed by atoms with Gasteiger partial charge in [0.2, 0.25) is 0 Å². The first kappa shape index (κ1) is 14.2. The summed E-state index contributed by atoms with van der Waals surface area (Å²) in [6.07, 6.45) is 7.28. The van der Waals surface area contributed by atoms with E-state index in [1.54, 1.807) is 11.3 Å². The molecule has 3 heteroatoms. The molecule has 0 spiro atoms. The molecule has 3 aliphatic rings. The standard InChI is InChI=1S/C18H27NOS/c1-17(2,3)15-10-21-16(19-15)9-18(20)8-11-7-14(18)13-6-4-5-12(11)13/h10-14,20H,4-9H2,1-3H3. The lowest BCUT2D eigenvalue weighted by Crippen LogP contribution is -2.43. The third-order valence-electron chi connectivity index (χ3n) is 6.39. The van der Waals surface area contributed by atoms with Crippen molar-refractivity contribution in [1.29, 1.82) is 0 Å². The van der Waals surface area contributed by atoms with Crippen LogP contribution in [0.2, 0.25) is 0 Å². The average molecular weight is 305 g/mol. The smallest absolute Gasteiger partial charge is 0.0957 e. The normalized spacial score (nSPS) is 41.7. The summed E-state index contributed by atoms with van der Waals surface area (Å²) >= 11 is 1.74. The second-order valence-corrected chi connectivity index (χ2v) is 9.66. The molecule has 5 unspecified atom stereocenters. The molecule has 4 rings (SSSR count). The molecule has 1 heterocycles. The summed E-state index contributed by atoms with van der Waals surface area (Å²) in [5, 5.41) is 14.6. The van der Waals surface area contributed by atoms with E-state index in [1.165, 1.54) is 31.4 Å². The third-order valence-corrected chi connectivity index (χ3v) is 7.24. The van der Waals surface area contributed by atoms with Crippen molar-refractivity contribution < 1.29 is 5.11 Å². The number of nitrogens with zero attached hydrogens (tertiary/aromatic N) is 1. The molecule has 1 aromatic rings. The molecule has 21 heavy (non-hydrogen) atoms. The zero-order valence-electron chi connectivity index (χ0n) is 13.4. The molecule has 1 aromatic heterocycles. The van der Waals surface area contributed by atoms with Gasteiger partial charge in [-0.25, -0.2) is 4.98 Å². The predicted octanol–water partition coefficient (Wildman–Crippen LogP) is 4.17. The van der Waals surface area contributed by atoms with Crippen molar-refractivity contribution in [2.24, 2.45) is 23.7 Å². The Kier molecular flexibility index (Phi) is 3.07. The monoisotopic (exact) mass is 305 g/mol. The molecule has 3 saturated carbocycles. The summed E-state index contributed by atoms with van der Waals surface area (Å²) < 4.78 is 0. The quantitative estimate of drug-likeness (QED) is 0.889. The van der Waals surface area contributed by atoms with Crippen LogP contribution in [0.25, 0.3) is 0 Å². The van der Waals surface area contributed by atoms with Crippen LogP contribution in [-0.2, 0) is 11.8 Å². The molecule has 3 aliphatic carbocycles. The Morgan fingerprint density at radius 2 is 2.10 bits per heavy atom. The first-order valence-corrected chi connectivity index (χ1v) is 9.42. The van der Waals surface area contributed by atoms with Crippen LogP contribution in [-0.4, -0.2) is 15.7 Å². The summed E-state index contributed by atoms with van der Waals surface area (Å²) in [6, 6.07) is 0. The molecule has 0 aliphatic heterocycles. The maximum atomic E-state index is 11.3. The minimum Gasteiger partial charge on any atom is -0.389 e. The summed E-state index contributed by atoms with van der Waals surface area (Å²) in [5.41, 5.74) is 0.833. The first-order valence-electron chi connectivity index (χ1n) is 8.54. The zero-order valence-corrected chi connectivity index (χ0v) is 14.2. The van der Waals surface area contributed by atoms with Crippen LogP contribution >= 0.6 is 11.3 Å². The fourth-order valence-corrected chi connectivity index (χ4v) is 6.58. The van der Waals surface area contributed by atoms with E-state index < -0.39 is 5.60 Å². The van der Waals surface area contributed by atoms with Gasteiger partial charge in [0.15, 0.2) is 0 Å². The molecule has 0 amide bonds. The van der Waals surface area contributed by atoms with E-state index in [1.807, 2.05) is 0 Å². The fourth-order valence-electron chi connectivity index (χ4n) is 5.44. The van der Waals surface area contributed by atoms with Crippen molar-refractivity contribution in [2.75, 3.05) is 0 Å². The Hall–Kier alpha value is -0.410. The number of aromatic nitrogens is 1. The number of aliphatic hydroxyl groups is 1. The summed E-state index contributed by atoms with van der Waals surface area (Å²) in [6.45, 7) is 6.63. The Morgan fingerprint density at radius 3 is 2.81 bits per heavy atom. The highest BCUT2D eigenvalue weighted by Crippen LogP contribution is 2.63. The maximum absolute atomic E-state index is 11.3. The van der Waals surface area contributed by atoms with Gasteiger partial charge in [0.25, 0.3) is 0 Å². The SMILES string of the molecule is CC(C)(C)c1csc(CC2(O)CC3CC2C2CCCC32)n1. The highest BCUT2D eigenvalue weighted by Gasteiger charge is 2.60. The predicted molar refractivity (Wildman–Crippen MR) is 86.5 cm³/mol. The minimum atomic E-state index is -0.455.